The summed E-state index contributed by atoms with van der Waals surface area (Å²) < 4.78 is 0. The number of hydrogen-bond donors (Lipinski definition) is 0. The fourth-order valence-electron chi connectivity index (χ4n) is 3.14. The van der Waals surface area contributed by atoms with Gasteiger partial charge in [-0.25, -0.2) is 0 Å². The van der Waals surface area contributed by atoms with Crippen molar-refractivity contribution in [2.24, 2.45) is 0 Å². The van der Waals surface area contributed by atoms with E-state index in [0.717, 1.165) is 32.4 Å². The van der Waals surface area contributed by atoms with Crippen molar-refractivity contribution in [2.45, 2.75) is 19.3 Å². The second-order valence-corrected chi connectivity index (χ2v) is 6.10. The average molecular weight is 315 g/mol. The Hall–Kier alpha value is -2.37. The molecule has 2 heterocycles. The molecule has 0 atom stereocenters. The molecule has 1 aromatic carbocycles. The summed E-state index contributed by atoms with van der Waals surface area (Å²) in [6.07, 6.45) is 3.17. The number of amides is 3. The Morgan fingerprint density at radius 1 is 1.09 bits per heavy atom. The van der Waals surface area contributed by atoms with Gasteiger partial charge in [0.15, 0.2) is 0 Å². The Labute approximate surface area is 135 Å². The number of likely N-dealkylation sites (N-methyl/N-ethyl adjacent to an activating group) is 1. The largest absolute Gasteiger partial charge is 0.341 e. The first-order chi connectivity index (χ1) is 11.1. The molecular formula is C17H21N3O3. The molecule has 0 unspecified atom stereocenters. The summed E-state index contributed by atoms with van der Waals surface area (Å²) in [7, 11) is 1.60. The van der Waals surface area contributed by atoms with Crippen molar-refractivity contribution in [3.05, 3.63) is 29.8 Å². The monoisotopic (exact) mass is 315 g/mol. The second kappa shape index (κ2) is 6.40. The molecule has 6 heteroatoms. The summed E-state index contributed by atoms with van der Waals surface area (Å²) in [6, 6.07) is 6.98. The van der Waals surface area contributed by atoms with Gasteiger partial charge in [-0.15, -0.1) is 0 Å². The van der Waals surface area contributed by atoms with E-state index in [-0.39, 0.29) is 30.8 Å². The molecule has 0 aromatic heterocycles. The highest BCUT2D eigenvalue weighted by molar-refractivity contribution is 6.11. The number of piperidine rings is 1. The minimum Gasteiger partial charge on any atom is -0.341 e. The van der Waals surface area contributed by atoms with Crippen LogP contribution in [-0.4, -0.2) is 60.7 Å². The molecule has 3 rings (SSSR count). The van der Waals surface area contributed by atoms with Crippen molar-refractivity contribution < 1.29 is 14.4 Å². The zero-order chi connectivity index (χ0) is 16.4. The number of fused-ring (bicyclic) bond motifs is 1. The van der Waals surface area contributed by atoms with E-state index in [9.17, 15) is 14.4 Å². The fraction of sp³-hybridized carbons (Fsp3) is 0.471. The van der Waals surface area contributed by atoms with Gasteiger partial charge in [0.2, 0.25) is 11.8 Å². The van der Waals surface area contributed by atoms with Gasteiger partial charge in [0.25, 0.3) is 5.91 Å². The number of anilines is 1. The third kappa shape index (κ3) is 3.06. The molecule has 0 radical (unpaired) electrons. The lowest BCUT2D eigenvalue weighted by Gasteiger charge is -2.30. The number of nitrogens with zero attached hydrogens (tertiary/aromatic N) is 3. The maximum atomic E-state index is 12.5. The average Bonchev–Trinajstić information content (AvgIpc) is 2.67. The SMILES string of the molecule is CN1CC(=O)N(CC(=O)N2CCCCC2)c2ccccc2C1=O. The zero-order valence-corrected chi connectivity index (χ0v) is 13.3. The fourth-order valence-corrected chi connectivity index (χ4v) is 3.14. The Morgan fingerprint density at radius 3 is 2.52 bits per heavy atom. The maximum Gasteiger partial charge on any atom is 0.256 e. The van der Waals surface area contributed by atoms with E-state index < -0.39 is 0 Å². The number of para-hydroxylation sites is 1. The molecule has 0 aliphatic carbocycles. The quantitative estimate of drug-likeness (QED) is 0.821. The van der Waals surface area contributed by atoms with Crippen LogP contribution < -0.4 is 4.90 Å². The molecule has 1 aromatic rings. The lowest BCUT2D eigenvalue weighted by atomic mass is 10.1. The van der Waals surface area contributed by atoms with E-state index in [1.54, 1.807) is 31.3 Å². The van der Waals surface area contributed by atoms with Gasteiger partial charge in [0.1, 0.15) is 13.1 Å². The number of benzene rings is 1. The number of carbonyl (C=O) groups is 3. The Morgan fingerprint density at radius 2 is 1.78 bits per heavy atom. The summed E-state index contributed by atoms with van der Waals surface area (Å²) in [5.41, 5.74) is 0.990. The lowest BCUT2D eigenvalue weighted by Crippen LogP contribution is -2.46. The number of rotatable bonds is 2. The number of hydrogen-bond acceptors (Lipinski definition) is 3. The van der Waals surface area contributed by atoms with Crippen molar-refractivity contribution in [3.63, 3.8) is 0 Å². The van der Waals surface area contributed by atoms with Crippen molar-refractivity contribution >= 4 is 23.4 Å². The third-order valence-electron chi connectivity index (χ3n) is 4.45. The maximum absolute atomic E-state index is 12.5. The predicted octanol–water partition coefficient (Wildman–Crippen LogP) is 1.12. The van der Waals surface area contributed by atoms with E-state index in [0.29, 0.717) is 11.3 Å². The van der Waals surface area contributed by atoms with E-state index >= 15 is 0 Å². The molecule has 0 N–H and O–H groups in total. The van der Waals surface area contributed by atoms with E-state index in [4.69, 9.17) is 0 Å². The molecule has 0 bridgehead atoms. The van der Waals surface area contributed by atoms with Gasteiger partial charge in [-0.05, 0) is 31.4 Å². The molecule has 2 aliphatic heterocycles. The van der Waals surface area contributed by atoms with Crippen LogP contribution in [-0.2, 0) is 9.59 Å². The molecule has 1 fully saturated rings. The minimum atomic E-state index is -0.226. The molecule has 0 spiro atoms. The summed E-state index contributed by atoms with van der Waals surface area (Å²) in [5, 5.41) is 0. The van der Waals surface area contributed by atoms with Crippen molar-refractivity contribution in [3.8, 4) is 0 Å². The molecular weight excluding hydrogens is 294 g/mol. The first-order valence-corrected chi connectivity index (χ1v) is 8.00. The van der Waals surface area contributed by atoms with Crippen LogP contribution in [0.3, 0.4) is 0 Å². The topological polar surface area (TPSA) is 60.9 Å². The van der Waals surface area contributed by atoms with Crippen molar-refractivity contribution in [2.75, 3.05) is 38.1 Å². The van der Waals surface area contributed by atoms with E-state index in [2.05, 4.69) is 0 Å². The normalized spacial score (nSPS) is 18.7. The van der Waals surface area contributed by atoms with Crippen molar-refractivity contribution in [1.29, 1.82) is 0 Å². The van der Waals surface area contributed by atoms with Crippen LogP contribution in [0.25, 0.3) is 0 Å². The third-order valence-corrected chi connectivity index (χ3v) is 4.45. The highest BCUT2D eigenvalue weighted by Crippen LogP contribution is 2.25. The van der Waals surface area contributed by atoms with Gasteiger partial charge in [-0.2, -0.15) is 0 Å². The standard InChI is InChI=1S/C17H21N3O3/c1-18-11-16(22)20(12-15(21)19-9-5-2-6-10-19)14-8-4-3-7-13(14)17(18)23/h3-4,7-8H,2,5-6,9-12H2,1H3. The van der Waals surface area contributed by atoms with Gasteiger partial charge in [-0.3, -0.25) is 14.4 Å². The van der Waals surface area contributed by atoms with Gasteiger partial charge >= 0.3 is 0 Å². The van der Waals surface area contributed by atoms with Gasteiger partial charge < -0.3 is 14.7 Å². The van der Waals surface area contributed by atoms with Crippen LogP contribution >= 0.6 is 0 Å². The van der Waals surface area contributed by atoms with Crippen LogP contribution in [0.15, 0.2) is 24.3 Å². The molecule has 23 heavy (non-hydrogen) atoms. The summed E-state index contributed by atoms with van der Waals surface area (Å²) in [4.78, 5) is 42.1. The predicted molar refractivity (Wildman–Crippen MR) is 86.2 cm³/mol. The van der Waals surface area contributed by atoms with Crippen LogP contribution in [0.2, 0.25) is 0 Å². The number of carbonyl (C=O) groups excluding carboxylic acids is 3. The van der Waals surface area contributed by atoms with Gasteiger partial charge in [0, 0.05) is 20.1 Å². The second-order valence-electron chi connectivity index (χ2n) is 6.10. The minimum absolute atomic E-state index is 0.00301. The van der Waals surface area contributed by atoms with Crippen LogP contribution in [0.5, 0.6) is 0 Å². The van der Waals surface area contributed by atoms with Crippen LogP contribution in [0, 0.1) is 0 Å². The van der Waals surface area contributed by atoms with Gasteiger partial charge in [0.05, 0.1) is 11.3 Å². The first kappa shape index (κ1) is 15.5. The molecule has 0 saturated carbocycles. The van der Waals surface area contributed by atoms with E-state index in [1.165, 1.54) is 9.80 Å². The van der Waals surface area contributed by atoms with Crippen molar-refractivity contribution in [1.82, 2.24) is 9.80 Å². The molecule has 3 amide bonds. The molecule has 122 valence electrons. The Kier molecular flexibility index (Phi) is 4.32. The summed E-state index contributed by atoms with van der Waals surface area (Å²) >= 11 is 0. The molecule has 6 nitrogen and oxygen atoms in total. The Bertz CT molecular complexity index is 638. The van der Waals surface area contributed by atoms with E-state index in [1.807, 2.05) is 4.90 Å². The van der Waals surface area contributed by atoms with Crippen LogP contribution in [0.1, 0.15) is 29.6 Å². The summed E-state index contributed by atoms with van der Waals surface area (Å²) in [6.45, 7) is 1.49. The highest BCUT2D eigenvalue weighted by atomic mass is 16.2. The molecule has 1 saturated heterocycles. The number of likely N-dealkylation sites (tertiary alicyclic amines) is 1. The Balaban J connectivity index is 1.87. The first-order valence-electron chi connectivity index (χ1n) is 8.00. The zero-order valence-electron chi connectivity index (χ0n) is 13.3. The summed E-state index contributed by atoms with van der Waals surface area (Å²) in [5.74, 6) is -0.470. The van der Waals surface area contributed by atoms with Gasteiger partial charge in [-0.1, -0.05) is 12.1 Å². The highest BCUT2D eigenvalue weighted by Gasteiger charge is 2.31. The smallest absolute Gasteiger partial charge is 0.256 e. The van der Waals surface area contributed by atoms with Crippen LogP contribution in [0.4, 0.5) is 5.69 Å². The lowest BCUT2D eigenvalue weighted by molar-refractivity contribution is -0.132. The molecule has 2 aliphatic rings.